The minimum absolute atomic E-state index is 0. The second kappa shape index (κ2) is 23.9. The van der Waals surface area contributed by atoms with Crippen LogP contribution in [0.1, 0.15) is 59.3 Å². The molecule has 51 heavy (non-hydrogen) atoms. The fourth-order valence-electron chi connectivity index (χ4n) is 4.42. The molecule has 1 radical (unpaired) electrons. The van der Waals surface area contributed by atoms with Crippen molar-refractivity contribution >= 4 is 53.2 Å². The van der Waals surface area contributed by atoms with Gasteiger partial charge < -0.3 is 37.0 Å². The van der Waals surface area contributed by atoms with Crippen molar-refractivity contribution in [1.29, 1.82) is 0 Å². The average molecular weight is 774 g/mol. The van der Waals surface area contributed by atoms with Gasteiger partial charge >= 0.3 is 17.1 Å². The molecule has 4 unspecified atom stereocenters. The summed E-state index contributed by atoms with van der Waals surface area (Å²) in [7, 11) is 0. The molecule has 4 atom stereocenters. The van der Waals surface area contributed by atoms with Crippen LogP contribution < -0.4 is 31.9 Å². The van der Waals surface area contributed by atoms with Crippen molar-refractivity contribution in [3.8, 4) is 0 Å². The van der Waals surface area contributed by atoms with E-state index in [9.17, 15) is 63.9 Å². The number of hydroxylamine groups is 6. The van der Waals surface area contributed by atoms with Crippen molar-refractivity contribution in [2.24, 2.45) is 0 Å². The topological polar surface area (TPSA) is 316 Å². The predicted molar refractivity (Wildman–Crippen MR) is 166 cm³/mol. The summed E-state index contributed by atoms with van der Waals surface area (Å²) < 4.78 is 0. The number of hydrogen-bond acceptors (Lipinski definition) is 13. The van der Waals surface area contributed by atoms with E-state index in [4.69, 9.17) is 0 Å². The van der Waals surface area contributed by atoms with Gasteiger partial charge in [-0.1, -0.05) is 0 Å². The molecule has 1 saturated heterocycles. The molecule has 0 aliphatic carbocycles. The van der Waals surface area contributed by atoms with Crippen molar-refractivity contribution in [2.75, 3.05) is 39.3 Å². The summed E-state index contributed by atoms with van der Waals surface area (Å²) in [5, 5.41) is 53.9. The first kappa shape index (κ1) is 46.6. The predicted octanol–water partition coefficient (Wildman–Crippen LogP) is -4.78. The summed E-state index contributed by atoms with van der Waals surface area (Å²) in [6, 6.07) is -5.79. The minimum atomic E-state index is -1.54. The maximum absolute atomic E-state index is 13.6. The first-order valence-electron chi connectivity index (χ1n) is 15.7. The van der Waals surface area contributed by atoms with Gasteiger partial charge in [-0.2, -0.15) is 0 Å². The number of hydrogen-bond donors (Lipinski definition) is 10. The Bertz CT molecular complexity index is 1230. The second-order valence-corrected chi connectivity index (χ2v) is 11.3. The number of rotatable bonds is 13. The van der Waals surface area contributed by atoms with Gasteiger partial charge in [0.2, 0.25) is 53.2 Å². The molecule has 287 valence electrons. The Morgan fingerprint density at radius 2 is 0.843 bits per heavy atom. The maximum Gasteiger partial charge on any atom is 3.00 e. The van der Waals surface area contributed by atoms with Gasteiger partial charge in [0, 0.05) is 40.4 Å². The molecular formula is C28H47FeN9O13+3. The number of amides is 9. The van der Waals surface area contributed by atoms with E-state index in [1.807, 2.05) is 0 Å². The monoisotopic (exact) mass is 773 g/mol. The van der Waals surface area contributed by atoms with Gasteiger partial charge in [-0.15, -0.1) is 0 Å². The van der Waals surface area contributed by atoms with Crippen LogP contribution in [0.4, 0.5) is 0 Å². The van der Waals surface area contributed by atoms with Crippen LogP contribution in [0.3, 0.4) is 0 Å². The summed E-state index contributed by atoms with van der Waals surface area (Å²) in [5.74, 6) is -7.64. The number of nitrogens with zero attached hydrogens (tertiary/aromatic N) is 3. The number of nitrogens with one attached hydrogen (secondary N) is 6. The van der Waals surface area contributed by atoms with E-state index < -0.39 is 97.0 Å². The van der Waals surface area contributed by atoms with E-state index in [2.05, 4.69) is 31.9 Å². The smallest absolute Gasteiger partial charge is 0.394 e. The molecule has 0 aromatic carbocycles. The maximum atomic E-state index is 13.6. The third-order valence-corrected chi connectivity index (χ3v) is 7.28. The number of carbonyl (C=O) groups is 9. The SMILES string of the molecule is CC(=O)N(O)CCCC1NC(=O)CNC(=O)C(CO)NC(=O)CNC(=O)C(CCCN(O)C(C)=O)NC(=O)C(CCCN(O)C(C)=O)NC1=O.[Fe+3]. The van der Waals surface area contributed by atoms with Gasteiger partial charge in [-0.25, -0.2) is 15.2 Å². The van der Waals surface area contributed by atoms with Crippen LogP contribution in [-0.2, 0) is 60.2 Å². The molecule has 1 fully saturated rings. The van der Waals surface area contributed by atoms with Gasteiger partial charge in [-0.3, -0.25) is 58.8 Å². The van der Waals surface area contributed by atoms with Crippen molar-refractivity contribution < 1.29 is 80.9 Å². The molecule has 9 amide bonds. The second-order valence-electron chi connectivity index (χ2n) is 11.3. The third kappa shape index (κ3) is 17.9. The number of aliphatic hydroxyl groups excluding tert-OH is 1. The normalized spacial score (nSPS) is 20.8. The molecule has 0 saturated carbocycles. The van der Waals surface area contributed by atoms with Crippen LogP contribution in [-0.4, -0.2) is 153 Å². The van der Waals surface area contributed by atoms with Crippen molar-refractivity contribution in [1.82, 2.24) is 47.1 Å². The Balaban J connectivity index is 0.0000250. The fraction of sp³-hybridized carbons (Fsp3) is 0.679. The van der Waals surface area contributed by atoms with E-state index >= 15 is 0 Å². The Kier molecular flexibility index (Phi) is 21.8. The van der Waals surface area contributed by atoms with Gasteiger partial charge in [0.15, 0.2) is 0 Å². The largest absolute Gasteiger partial charge is 3.00 e. The zero-order chi connectivity index (χ0) is 38.0. The Morgan fingerprint density at radius 3 is 1.18 bits per heavy atom. The van der Waals surface area contributed by atoms with Gasteiger partial charge in [-0.05, 0) is 38.5 Å². The van der Waals surface area contributed by atoms with E-state index in [0.29, 0.717) is 15.2 Å². The third-order valence-electron chi connectivity index (χ3n) is 7.28. The standard InChI is InChI=1S/C28H47N9O13.Fe/c1-16(39)35(48)10-4-7-19-25(44)29-14-24(43)32-22(15-38)26(45)30-13-23(42)31-20(8-5-11-36(49)17(2)40)27(46)34-21(28(47)33-19)9-6-12-37(50)18(3)41;/h19-22,38,48-50H,4-15H2,1-3H3,(H,29,44)(H,30,45)(H,31,42)(H,32,43)(H,33,47)(H,34,46);/q;+3. The average Bonchev–Trinajstić information content (AvgIpc) is 3.05. The summed E-state index contributed by atoms with van der Waals surface area (Å²) in [4.78, 5) is 112. The van der Waals surface area contributed by atoms with Crippen LogP contribution in [0.25, 0.3) is 0 Å². The van der Waals surface area contributed by atoms with Crippen LogP contribution in [0.5, 0.6) is 0 Å². The van der Waals surface area contributed by atoms with Crippen LogP contribution in [0.2, 0.25) is 0 Å². The van der Waals surface area contributed by atoms with Crippen LogP contribution in [0, 0.1) is 0 Å². The number of carbonyl (C=O) groups excluding carboxylic acids is 9. The van der Waals surface area contributed by atoms with Crippen molar-refractivity contribution in [2.45, 2.75) is 83.5 Å². The van der Waals surface area contributed by atoms with Gasteiger partial charge in [0.1, 0.15) is 24.2 Å². The molecule has 0 aromatic heterocycles. The van der Waals surface area contributed by atoms with Crippen LogP contribution >= 0.6 is 0 Å². The number of aliphatic hydroxyl groups is 1. The molecule has 10 N–H and O–H groups in total. The van der Waals surface area contributed by atoms with E-state index in [0.717, 1.165) is 20.8 Å². The summed E-state index contributed by atoms with van der Waals surface area (Å²) >= 11 is 0. The summed E-state index contributed by atoms with van der Waals surface area (Å²) in [6.45, 7) is 0.217. The quantitative estimate of drug-likeness (QED) is 0.0478. The Hall–Kier alpha value is -4.41. The first-order chi connectivity index (χ1) is 23.5. The van der Waals surface area contributed by atoms with E-state index in [1.54, 1.807) is 0 Å². The van der Waals surface area contributed by atoms with E-state index in [-0.39, 0.29) is 75.2 Å². The molecule has 22 nitrogen and oxygen atoms in total. The molecule has 0 bridgehead atoms. The fourth-order valence-corrected chi connectivity index (χ4v) is 4.42. The van der Waals surface area contributed by atoms with Gasteiger partial charge in [0.05, 0.1) is 19.7 Å². The molecule has 0 spiro atoms. The zero-order valence-electron chi connectivity index (χ0n) is 28.5. The summed E-state index contributed by atoms with van der Waals surface area (Å²) in [5.41, 5.74) is 0. The zero-order valence-corrected chi connectivity index (χ0v) is 29.6. The van der Waals surface area contributed by atoms with E-state index in [1.165, 1.54) is 0 Å². The minimum Gasteiger partial charge on any atom is -0.394 e. The molecule has 0 aromatic rings. The molecule has 23 heteroatoms. The summed E-state index contributed by atoms with van der Waals surface area (Å²) in [6.07, 6.45) is -0.685. The molecule has 1 rings (SSSR count). The Morgan fingerprint density at radius 1 is 0.549 bits per heavy atom. The Labute approximate surface area is 303 Å². The van der Waals surface area contributed by atoms with Crippen molar-refractivity contribution in [3.05, 3.63) is 0 Å². The van der Waals surface area contributed by atoms with Crippen molar-refractivity contribution in [3.63, 3.8) is 0 Å². The molecule has 1 heterocycles. The molecule has 1 aliphatic heterocycles. The first-order valence-corrected chi connectivity index (χ1v) is 15.7. The molecule has 1 aliphatic rings. The molecular weight excluding hydrogens is 726 g/mol. The van der Waals surface area contributed by atoms with Gasteiger partial charge in [0.25, 0.3) is 0 Å². The van der Waals surface area contributed by atoms with Crippen LogP contribution in [0.15, 0.2) is 0 Å².